The van der Waals surface area contributed by atoms with Gasteiger partial charge in [0.15, 0.2) is 12.4 Å². The van der Waals surface area contributed by atoms with Gasteiger partial charge in [0.1, 0.15) is 17.2 Å². The molecule has 0 radical (unpaired) electrons. The Bertz CT molecular complexity index is 1460. The zero-order valence-electron chi connectivity index (χ0n) is 19.7. The van der Waals surface area contributed by atoms with E-state index in [1.165, 1.54) is 31.4 Å². The molecule has 0 aliphatic carbocycles. The number of nitrogens with one attached hydrogen (secondary N) is 2. The second-order valence-electron chi connectivity index (χ2n) is 7.70. The Hall–Kier alpha value is -4.21. The lowest BCUT2D eigenvalue weighted by molar-refractivity contribution is -0.118. The summed E-state index contributed by atoms with van der Waals surface area (Å²) in [7, 11) is -2.28. The molecule has 0 saturated carbocycles. The number of sulfonamides is 1. The molecule has 37 heavy (non-hydrogen) atoms. The van der Waals surface area contributed by atoms with Crippen molar-refractivity contribution in [3.05, 3.63) is 102 Å². The molecule has 10 heteroatoms. The van der Waals surface area contributed by atoms with E-state index >= 15 is 0 Å². The first-order valence-corrected chi connectivity index (χ1v) is 12.9. The van der Waals surface area contributed by atoms with Gasteiger partial charge in [0.2, 0.25) is 0 Å². The van der Waals surface area contributed by atoms with E-state index in [-0.39, 0.29) is 11.5 Å². The number of rotatable bonds is 10. The lowest BCUT2D eigenvalue weighted by atomic mass is 10.2. The Balaban J connectivity index is 1.35. The summed E-state index contributed by atoms with van der Waals surface area (Å²) in [4.78, 5) is 12.6. The highest BCUT2D eigenvalue weighted by molar-refractivity contribution is 7.92. The van der Waals surface area contributed by atoms with E-state index < -0.39 is 15.9 Å². The molecule has 0 fully saturated rings. The van der Waals surface area contributed by atoms with Crippen molar-refractivity contribution in [3.63, 3.8) is 0 Å². The van der Waals surface area contributed by atoms with Crippen LogP contribution in [0.15, 0.2) is 102 Å². The summed E-state index contributed by atoms with van der Waals surface area (Å²) in [6.07, 6.45) is 0. The zero-order valence-corrected chi connectivity index (χ0v) is 21.3. The van der Waals surface area contributed by atoms with Gasteiger partial charge >= 0.3 is 0 Å². The molecule has 0 aliphatic heterocycles. The first-order chi connectivity index (χ1) is 17.8. The smallest absolute Gasteiger partial charge is 0.262 e. The molecular formula is C27H23ClN2O6S. The Morgan fingerprint density at radius 3 is 2.19 bits per heavy atom. The number of hydrogen-bond acceptors (Lipinski definition) is 6. The fraction of sp³-hybridized carbons (Fsp3) is 0.0741. The molecule has 4 rings (SSSR count). The summed E-state index contributed by atoms with van der Waals surface area (Å²) in [6, 6.07) is 26.2. The predicted molar refractivity (Wildman–Crippen MR) is 142 cm³/mol. The van der Waals surface area contributed by atoms with E-state index in [1.807, 2.05) is 18.2 Å². The fourth-order valence-corrected chi connectivity index (χ4v) is 4.46. The molecule has 8 nitrogen and oxygen atoms in total. The molecule has 0 heterocycles. The van der Waals surface area contributed by atoms with Gasteiger partial charge in [-0.1, -0.05) is 29.8 Å². The first kappa shape index (κ1) is 25.9. The number of carbonyl (C=O) groups is 1. The van der Waals surface area contributed by atoms with E-state index in [1.54, 1.807) is 54.6 Å². The van der Waals surface area contributed by atoms with Crippen LogP contribution >= 0.6 is 11.6 Å². The molecule has 0 aromatic heterocycles. The lowest BCUT2D eigenvalue weighted by Crippen LogP contribution is -2.20. The van der Waals surface area contributed by atoms with Crippen LogP contribution in [0.1, 0.15) is 0 Å². The number of benzene rings is 4. The van der Waals surface area contributed by atoms with E-state index in [4.69, 9.17) is 25.8 Å². The number of carbonyl (C=O) groups excluding carboxylic acids is 1. The van der Waals surface area contributed by atoms with Crippen molar-refractivity contribution in [2.24, 2.45) is 0 Å². The number of ether oxygens (including phenoxy) is 3. The Kier molecular flexibility index (Phi) is 8.17. The van der Waals surface area contributed by atoms with Gasteiger partial charge in [-0.25, -0.2) is 8.42 Å². The van der Waals surface area contributed by atoms with Crippen molar-refractivity contribution in [1.82, 2.24) is 0 Å². The molecule has 0 bridgehead atoms. The van der Waals surface area contributed by atoms with Gasteiger partial charge in [0.05, 0.1) is 17.7 Å². The van der Waals surface area contributed by atoms with Crippen LogP contribution < -0.4 is 24.2 Å². The minimum Gasteiger partial charge on any atom is -0.497 e. The van der Waals surface area contributed by atoms with E-state index in [0.29, 0.717) is 39.4 Å². The molecule has 0 atom stereocenters. The van der Waals surface area contributed by atoms with Gasteiger partial charge in [-0.15, -0.1) is 0 Å². The van der Waals surface area contributed by atoms with Crippen LogP contribution in [0.4, 0.5) is 11.4 Å². The number of para-hydroxylation sites is 1. The second-order valence-corrected chi connectivity index (χ2v) is 9.82. The number of amides is 1. The number of halogens is 1. The summed E-state index contributed by atoms with van der Waals surface area (Å²) in [5, 5.41) is 3.15. The van der Waals surface area contributed by atoms with Crippen LogP contribution in [0.2, 0.25) is 5.02 Å². The van der Waals surface area contributed by atoms with Gasteiger partial charge in [-0.2, -0.15) is 0 Å². The quantitative estimate of drug-likeness (QED) is 0.258. The number of methoxy groups -OCH3 is 1. The predicted octanol–water partition coefficient (Wildman–Crippen LogP) is 5.96. The van der Waals surface area contributed by atoms with Gasteiger partial charge in [0, 0.05) is 10.7 Å². The lowest BCUT2D eigenvalue weighted by Gasteiger charge is -2.13. The van der Waals surface area contributed by atoms with Crippen molar-refractivity contribution >= 4 is 38.9 Å². The summed E-state index contributed by atoms with van der Waals surface area (Å²) < 4.78 is 44.3. The Labute approximate surface area is 219 Å². The van der Waals surface area contributed by atoms with Crippen molar-refractivity contribution < 1.29 is 27.4 Å². The molecule has 2 N–H and O–H groups in total. The van der Waals surface area contributed by atoms with Crippen LogP contribution in [0.3, 0.4) is 0 Å². The van der Waals surface area contributed by atoms with Crippen molar-refractivity contribution in [2.75, 3.05) is 23.8 Å². The summed E-state index contributed by atoms with van der Waals surface area (Å²) in [6.45, 7) is -0.312. The average molecular weight is 539 g/mol. The van der Waals surface area contributed by atoms with Crippen LogP contribution in [0.5, 0.6) is 23.0 Å². The third kappa shape index (κ3) is 7.16. The minimum atomic E-state index is -3.81. The summed E-state index contributed by atoms with van der Waals surface area (Å²) >= 11 is 6.09. The molecule has 0 aliphatic rings. The standard InChI is InChI=1S/C27H23ClN2O6S/c1-34-21-10-8-20(9-11-21)30-37(32,33)24-14-12-22(13-15-24)35-18-27(31)29-25-17-19(28)7-16-26(25)36-23-5-3-2-4-6-23/h2-17,30H,18H2,1H3,(H,29,31). The molecular weight excluding hydrogens is 516 g/mol. The minimum absolute atomic E-state index is 0.0433. The molecule has 0 unspecified atom stereocenters. The maximum atomic E-state index is 12.7. The molecule has 1 amide bonds. The third-order valence-electron chi connectivity index (χ3n) is 5.03. The molecule has 0 saturated heterocycles. The summed E-state index contributed by atoms with van der Waals surface area (Å²) in [5.41, 5.74) is 0.783. The van der Waals surface area contributed by atoms with Gasteiger partial charge in [-0.3, -0.25) is 9.52 Å². The van der Waals surface area contributed by atoms with Crippen LogP contribution in [0, 0.1) is 0 Å². The van der Waals surface area contributed by atoms with Crippen LogP contribution in [-0.4, -0.2) is 28.0 Å². The third-order valence-corrected chi connectivity index (χ3v) is 6.67. The van der Waals surface area contributed by atoms with E-state index in [2.05, 4.69) is 10.0 Å². The first-order valence-electron chi connectivity index (χ1n) is 11.0. The van der Waals surface area contributed by atoms with Crippen molar-refractivity contribution in [2.45, 2.75) is 4.90 Å². The van der Waals surface area contributed by atoms with Crippen LogP contribution in [-0.2, 0) is 14.8 Å². The number of hydrogen-bond donors (Lipinski definition) is 2. The average Bonchev–Trinajstić information content (AvgIpc) is 2.90. The van der Waals surface area contributed by atoms with Crippen molar-refractivity contribution in [1.29, 1.82) is 0 Å². The van der Waals surface area contributed by atoms with Gasteiger partial charge < -0.3 is 19.5 Å². The normalized spacial score (nSPS) is 10.9. The maximum absolute atomic E-state index is 12.7. The van der Waals surface area contributed by atoms with E-state index in [0.717, 1.165) is 0 Å². The molecule has 4 aromatic rings. The fourth-order valence-electron chi connectivity index (χ4n) is 3.23. The van der Waals surface area contributed by atoms with Crippen molar-refractivity contribution in [3.8, 4) is 23.0 Å². The molecule has 4 aromatic carbocycles. The van der Waals surface area contributed by atoms with Gasteiger partial charge in [-0.05, 0) is 78.9 Å². The largest absolute Gasteiger partial charge is 0.497 e. The highest BCUT2D eigenvalue weighted by Gasteiger charge is 2.15. The van der Waals surface area contributed by atoms with E-state index in [9.17, 15) is 13.2 Å². The summed E-state index contributed by atoms with van der Waals surface area (Å²) in [5.74, 6) is 1.52. The zero-order chi connectivity index (χ0) is 26.3. The topological polar surface area (TPSA) is 103 Å². The monoisotopic (exact) mass is 538 g/mol. The Morgan fingerprint density at radius 1 is 0.838 bits per heavy atom. The molecule has 190 valence electrons. The number of anilines is 2. The highest BCUT2D eigenvalue weighted by atomic mass is 35.5. The van der Waals surface area contributed by atoms with Gasteiger partial charge in [0.25, 0.3) is 15.9 Å². The molecule has 0 spiro atoms. The van der Waals surface area contributed by atoms with Crippen LogP contribution in [0.25, 0.3) is 0 Å². The second kappa shape index (κ2) is 11.7. The SMILES string of the molecule is COc1ccc(NS(=O)(=O)c2ccc(OCC(=O)Nc3cc(Cl)ccc3Oc3ccccc3)cc2)cc1. The highest BCUT2D eigenvalue weighted by Crippen LogP contribution is 2.32. The maximum Gasteiger partial charge on any atom is 0.262 e. The Morgan fingerprint density at radius 2 is 1.51 bits per heavy atom.